The number of carbonyl (C=O) groups is 1. The molecule has 3 nitrogen and oxygen atoms in total. The fraction of sp³-hybridized carbons (Fsp3) is 0.500. The van der Waals surface area contributed by atoms with Crippen LogP contribution in [-0.2, 0) is 0 Å². The molecule has 1 aromatic rings. The Kier molecular flexibility index (Phi) is 5.62. The monoisotopic (exact) mass is 252 g/mol. The summed E-state index contributed by atoms with van der Waals surface area (Å²) in [6.07, 6.45) is 1.98. The molecule has 0 aromatic heterocycles. The fourth-order valence-electron chi connectivity index (χ4n) is 1.76. The molecule has 100 valence electrons. The molecule has 1 rings (SSSR count). The average molecular weight is 252 g/mol. The number of halogens is 1. The maximum Gasteiger partial charge on any atom is 0.255 e. The Balaban J connectivity index is 2.94. The summed E-state index contributed by atoms with van der Waals surface area (Å²) in [6, 6.07) is 4.59. The molecular weight excluding hydrogens is 231 g/mol. The number of unbranched alkanes of at least 4 members (excludes halogenated alkanes) is 1. The number of benzene rings is 1. The van der Waals surface area contributed by atoms with Crippen molar-refractivity contribution in [1.82, 2.24) is 4.90 Å². The quantitative estimate of drug-likeness (QED) is 0.843. The van der Waals surface area contributed by atoms with Crippen LogP contribution in [0.25, 0.3) is 0 Å². The Morgan fingerprint density at radius 2 is 2.11 bits per heavy atom. The van der Waals surface area contributed by atoms with Gasteiger partial charge >= 0.3 is 0 Å². The van der Waals surface area contributed by atoms with Crippen molar-refractivity contribution in [2.45, 2.75) is 26.7 Å². The van der Waals surface area contributed by atoms with Gasteiger partial charge in [-0.25, -0.2) is 4.39 Å². The van der Waals surface area contributed by atoms with Crippen LogP contribution in [0.2, 0.25) is 0 Å². The number of nitrogens with zero attached hydrogens (tertiary/aromatic N) is 1. The van der Waals surface area contributed by atoms with Crippen LogP contribution in [0.3, 0.4) is 0 Å². The molecule has 1 N–H and O–H groups in total. The summed E-state index contributed by atoms with van der Waals surface area (Å²) in [5.41, 5.74) is 0.698. The largest absolute Gasteiger partial charge is 0.382 e. The van der Waals surface area contributed by atoms with E-state index in [1.54, 1.807) is 24.1 Å². The highest BCUT2D eigenvalue weighted by molar-refractivity contribution is 5.99. The first-order chi connectivity index (χ1) is 8.61. The summed E-state index contributed by atoms with van der Waals surface area (Å²) < 4.78 is 13.7. The molecule has 0 atom stereocenters. The van der Waals surface area contributed by atoms with Gasteiger partial charge in [-0.1, -0.05) is 19.4 Å². The topological polar surface area (TPSA) is 32.3 Å². The Hall–Kier alpha value is -1.58. The van der Waals surface area contributed by atoms with E-state index in [0.717, 1.165) is 12.8 Å². The van der Waals surface area contributed by atoms with Crippen molar-refractivity contribution in [1.29, 1.82) is 0 Å². The average Bonchev–Trinajstić information content (AvgIpc) is 2.37. The number of anilines is 1. The van der Waals surface area contributed by atoms with Crippen LogP contribution in [0, 0.1) is 5.82 Å². The summed E-state index contributed by atoms with van der Waals surface area (Å²) >= 11 is 0. The van der Waals surface area contributed by atoms with Gasteiger partial charge < -0.3 is 10.2 Å². The third kappa shape index (κ3) is 3.45. The predicted octanol–water partition coefficient (Wildman–Crippen LogP) is 3.13. The number of amides is 1. The van der Waals surface area contributed by atoms with Crippen LogP contribution >= 0.6 is 0 Å². The van der Waals surface area contributed by atoms with Gasteiger partial charge in [0, 0.05) is 20.1 Å². The molecule has 0 saturated carbocycles. The van der Waals surface area contributed by atoms with Crippen molar-refractivity contribution >= 4 is 11.6 Å². The van der Waals surface area contributed by atoms with Crippen LogP contribution in [0.1, 0.15) is 37.0 Å². The van der Waals surface area contributed by atoms with Gasteiger partial charge in [-0.2, -0.15) is 0 Å². The van der Waals surface area contributed by atoms with Crippen molar-refractivity contribution in [3.05, 3.63) is 29.6 Å². The normalized spacial score (nSPS) is 10.2. The standard InChI is InChI=1S/C14H21FN2O/c1-4-6-10-17(3)14(18)11-8-7-9-12(15)13(11)16-5-2/h7-9,16H,4-6,10H2,1-3H3. The Morgan fingerprint density at radius 3 is 2.72 bits per heavy atom. The summed E-state index contributed by atoms with van der Waals surface area (Å²) in [6.45, 7) is 5.23. The van der Waals surface area contributed by atoms with Crippen molar-refractivity contribution in [3.8, 4) is 0 Å². The van der Waals surface area contributed by atoms with Crippen molar-refractivity contribution in [2.75, 3.05) is 25.5 Å². The lowest BCUT2D eigenvalue weighted by molar-refractivity contribution is 0.0794. The molecule has 4 heteroatoms. The molecule has 0 aliphatic rings. The molecule has 0 heterocycles. The Morgan fingerprint density at radius 1 is 1.39 bits per heavy atom. The number of hydrogen-bond donors (Lipinski definition) is 1. The lowest BCUT2D eigenvalue weighted by Crippen LogP contribution is -2.28. The summed E-state index contributed by atoms with van der Waals surface area (Å²) in [5.74, 6) is -0.523. The van der Waals surface area contributed by atoms with Gasteiger partial charge in [0.25, 0.3) is 5.91 Å². The predicted molar refractivity (Wildman–Crippen MR) is 72.4 cm³/mol. The smallest absolute Gasteiger partial charge is 0.255 e. The number of nitrogens with one attached hydrogen (secondary N) is 1. The van der Waals surface area contributed by atoms with E-state index < -0.39 is 0 Å². The molecule has 1 amide bonds. The van der Waals surface area contributed by atoms with E-state index >= 15 is 0 Å². The molecule has 0 fully saturated rings. The minimum Gasteiger partial charge on any atom is -0.382 e. The van der Waals surface area contributed by atoms with Crippen molar-refractivity contribution in [3.63, 3.8) is 0 Å². The van der Waals surface area contributed by atoms with Crippen molar-refractivity contribution in [2.24, 2.45) is 0 Å². The van der Waals surface area contributed by atoms with Crippen LogP contribution in [0.5, 0.6) is 0 Å². The lowest BCUT2D eigenvalue weighted by atomic mass is 10.1. The molecule has 0 radical (unpaired) electrons. The van der Waals surface area contributed by atoms with E-state index in [-0.39, 0.29) is 11.7 Å². The van der Waals surface area contributed by atoms with Gasteiger partial charge in [0.1, 0.15) is 5.82 Å². The molecule has 0 spiro atoms. The van der Waals surface area contributed by atoms with E-state index in [1.165, 1.54) is 6.07 Å². The number of carbonyl (C=O) groups excluding carboxylic acids is 1. The highest BCUT2D eigenvalue weighted by Gasteiger charge is 2.17. The van der Waals surface area contributed by atoms with Gasteiger partial charge in [-0.3, -0.25) is 4.79 Å². The molecule has 18 heavy (non-hydrogen) atoms. The second kappa shape index (κ2) is 6.99. The summed E-state index contributed by atoms with van der Waals surface area (Å²) in [7, 11) is 1.75. The van der Waals surface area contributed by atoms with Gasteiger partial charge in [0.05, 0.1) is 11.3 Å². The van der Waals surface area contributed by atoms with Crippen molar-refractivity contribution < 1.29 is 9.18 Å². The zero-order valence-electron chi connectivity index (χ0n) is 11.3. The highest BCUT2D eigenvalue weighted by Crippen LogP contribution is 2.21. The van der Waals surface area contributed by atoms with Gasteiger partial charge in [-0.15, -0.1) is 0 Å². The van der Waals surface area contributed by atoms with Crippen LogP contribution in [-0.4, -0.2) is 30.9 Å². The first kappa shape index (κ1) is 14.5. The maximum atomic E-state index is 13.7. The summed E-state index contributed by atoms with van der Waals surface area (Å²) in [5, 5.41) is 2.91. The van der Waals surface area contributed by atoms with E-state index in [4.69, 9.17) is 0 Å². The van der Waals surface area contributed by atoms with E-state index in [1.807, 2.05) is 6.92 Å². The minimum absolute atomic E-state index is 0.140. The Bertz CT molecular complexity index is 407. The second-order valence-electron chi connectivity index (χ2n) is 4.27. The number of rotatable bonds is 6. The molecule has 0 bridgehead atoms. The maximum absolute atomic E-state index is 13.7. The SMILES string of the molecule is CCCCN(C)C(=O)c1cccc(F)c1NCC. The molecule has 1 aromatic carbocycles. The third-order valence-electron chi connectivity index (χ3n) is 2.79. The zero-order chi connectivity index (χ0) is 13.5. The second-order valence-corrected chi connectivity index (χ2v) is 4.27. The van der Waals surface area contributed by atoms with Gasteiger partial charge in [-0.05, 0) is 25.5 Å². The first-order valence-corrected chi connectivity index (χ1v) is 6.39. The molecule has 0 saturated heterocycles. The molecular formula is C14H21FN2O. The van der Waals surface area contributed by atoms with Gasteiger partial charge in [0.2, 0.25) is 0 Å². The van der Waals surface area contributed by atoms with Crippen LogP contribution in [0.15, 0.2) is 18.2 Å². The molecule has 0 aliphatic carbocycles. The first-order valence-electron chi connectivity index (χ1n) is 6.39. The van der Waals surface area contributed by atoms with E-state index in [2.05, 4.69) is 12.2 Å². The van der Waals surface area contributed by atoms with Crippen LogP contribution < -0.4 is 5.32 Å². The fourth-order valence-corrected chi connectivity index (χ4v) is 1.76. The summed E-state index contributed by atoms with van der Waals surface area (Å²) in [4.78, 5) is 13.9. The lowest BCUT2D eigenvalue weighted by Gasteiger charge is -2.19. The van der Waals surface area contributed by atoms with Gasteiger partial charge in [0.15, 0.2) is 0 Å². The van der Waals surface area contributed by atoms with E-state index in [9.17, 15) is 9.18 Å². The number of para-hydroxylation sites is 1. The minimum atomic E-state index is -0.383. The van der Waals surface area contributed by atoms with E-state index in [0.29, 0.717) is 24.3 Å². The molecule has 0 aliphatic heterocycles. The molecule has 0 unspecified atom stereocenters. The van der Waals surface area contributed by atoms with Crippen LogP contribution in [0.4, 0.5) is 10.1 Å². The third-order valence-corrected chi connectivity index (χ3v) is 2.79. The highest BCUT2D eigenvalue weighted by atomic mass is 19.1. The zero-order valence-corrected chi connectivity index (χ0v) is 11.3. The number of hydrogen-bond acceptors (Lipinski definition) is 2. The Labute approximate surface area is 108 Å².